The SMILES string of the molecule is COCC(C)(CC(=O)O)NC(=O)C(C)OC1CCCCCC1. The summed E-state index contributed by atoms with van der Waals surface area (Å²) in [7, 11) is 1.48. The van der Waals surface area contributed by atoms with Gasteiger partial charge in [-0.3, -0.25) is 9.59 Å². The van der Waals surface area contributed by atoms with Gasteiger partial charge in [-0.05, 0) is 26.7 Å². The highest BCUT2D eigenvalue weighted by molar-refractivity contribution is 5.82. The van der Waals surface area contributed by atoms with Crippen molar-refractivity contribution in [1.29, 1.82) is 0 Å². The van der Waals surface area contributed by atoms with Gasteiger partial charge in [-0.1, -0.05) is 25.7 Å². The number of hydrogen-bond acceptors (Lipinski definition) is 4. The number of carboxylic acids is 1. The molecule has 22 heavy (non-hydrogen) atoms. The van der Waals surface area contributed by atoms with E-state index in [1.165, 1.54) is 20.0 Å². The van der Waals surface area contributed by atoms with E-state index < -0.39 is 17.6 Å². The van der Waals surface area contributed by atoms with Crippen LogP contribution in [0.15, 0.2) is 0 Å². The maximum absolute atomic E-state index is 12.3. The third-order valence-corrected chi connectivity index (χ3v) is 4.00. The second-order valence-electron chi connectivity index (χ2n) is 6.45. The molecule has 1 aliphatic rings. The minimum atomic E-state index is -0.975. The van der Waals surface area contributed by atoms with Gasteiger partial charge in [0.15, 0.2) is 0 Å². The molecule has 6 heteroatoms. The van der Waals surface area contributed by atoms with E-state index in [2.05, 4.69) is 5.32 Å². The van der Waals surface area contributed by atoms with Gasteiger partial charge in [0.25, 0.3) is 0 Å². The largest absolute Gasteiger partial charge is 0.481 e. The van der Waals surface area contributed by atoms with Crippen LogP contribution < -0.4 is 5.32 Å². The van der Waals surface area contributed by atoms with Crippen LogP contribution in [0.25, 0.3) is 0 Å². The van der Waals surface area contributed by atoms with Crippen molar-refractivity contribution in [3.8, 4) is 0 Å². The molecule has 128 valence electrons. The summed E-state index contributed by atoms with van der Waals surface area (Å²) < 4.78 is 10.9. The van der Waals surface area contributed by atoms with E-state index in [1.54, 1.807) is 13.8 Å². The van der Waals surface area contributed by atoms with Crippen molar-refractivity contribution < 1.29 is 24.2 Å². The van der Waals surface area contributed by atoms with Crippen molar-refractivity contribution >= 4 is 11.9 Å². The van der Waals surface area contributed by atoms with Gasteiger partial charge in [0, 0.05) is 7.11 Å². The molecule has 0 bridgehead atoms. The average molecular weight is 315 g/mol. The summed E-state index contributed by atoms with van der Waals surface area (Å²) in [6, 6.07) is 0. The summed E-state index contributed by atoms with van der Waals surface area (Å²) in [5.74, 6) is -1.26. The minimum Gasteiger partial charge on any atom is -0.481 e. The molecule has 1 amide bonds. The van der Waals surface area contributed by atoms with Crippen molar-refractivity contribution in [1.82, 2.24) is 5.32 Å². The summed E-state index contributed by atoms with van der Waals surface area (Å²) >= 11 is 0. The lowest BCUT2D eigenvalue weighted by Crippen LogP contribution is -2.54. The molecule has 0 saturated heterocycles. The van der Waals surface area contributed by atoms with Crippen LogP contribution in [0.1, 0.15) is 58.8 Å². The molecule has 2 unspecified atom stereocenters. The molecule has 0 aromatic heterocycles. The van der Waals surface area contributed by atoms with Gasteiger partial charge in [0.2, 0.25) is 5.91 Å². The van der Waals surface area contributed by atoms with Crippen molar-refractivity contribution in [2.24, 2.45) is 0 Å². The summed E-state index contributed by atoms with van der Waals surface area (Å²) in [6.07, 6.45) is 6.05. The molecule has 1 aliphatic carbocycles. The zero-order valence-corrected chi connectivity index (χ0v) is 13.9. The first-order valence-electron chi connectivity index (χ1n) is 8.04. The molecule has 0 heterocycles. The lowest BCUT2D eigenvalue weighted by Gasteiger charge is -2.30. The molecular formula is C16H29NO5. The smallest absolute Gasteiger partial charge is 0.305 e. The van der Waals surface area contributed by atoms with E-state index in [0.717, 1.165) is 25.7 Å². The average Bonchev–Trinajstić information content (AvgIpc) is 2.66. The Morgan fingerprint density at radius 2 is 1.86 bits per heavy atom. The van der Waals surface area contributed by atoms with Crippen LogP contribution >= 0.6 is 0 Å². The molecular weight excluding hydrogens is 286 g/mol. The second-order valence-corrected chi connectivity index (χ2v) is 6.45. The van der Waals surface area contributed by atoms with Gasteiger partial charge in [-0.25, -0.2) is 0 Å². The molecule has 0 aromatic rings. The highest BCUT2D eigenvalue weighted by atomic mass is 16.5. The van der Waals surface area contributed by atoms with Crippen molar-refractivity contribution in [3.63, 3.8) is 0 Å². The molecule has 6 nitrogen and oxygen atoms in total. The predicted molar refractivity (Wildman–Crippen MR) is 82.7 cm³/mol. The lowest BCUT2D eigenvalue weighted by atomic mass is 9.98. The molecule has 1 rings (SSSR count). The number of carboxylic acid groups (broad SMARTS) is 1. The number of aliphatic carboxylic acids is 1. The Bertz CT molecular complexity index is 366. The number of amides is 1. The number of carbonyl (C=O) groups is 2. The summed E-state index contributed by atoms with van der Waals surface area (Å²) in [4.78, 5) is 23.2. The highest BCUT2D eigenvalue weighted by Crippen LogP contribution is 2.21. The van der Waals surface area contributed by atoms with Crippen LogP contribution in [-0.4, -0.2) is 48.4 Å². The quantitative estimate of drug-likeness (QED) is 0.670. The van der Waals surface area contributed by atoms with Crippen LogP contribution in [0.3, 0.4) is 0 Å². The number of nitrogens with one attached hydrogen (secondary N) is 1. The molecule has 0 spiro atoms. The fourth-order valence-corrected chi connectivity index (χ4v) is 2.91. The van der Waals surface area contributed by atoms with Gasteiger partial charge in [0.05, 0.1) is 24.7 Å². The zero-order valence-electron chi connectivity index (χ0n) is 13.9. The molecule has 2 N–H and O–H groups in total. The van der Waals surface area contributed by atoms with Crippen LogP contribution in [0.4, 0.5) is 0 Å². The Morgan fingerprint density at radius 3 is 2.36 bits per heavy atom. The van der Waals surface area contributed by atoms with Gasteiger partial charge >= 0.3 is 5.97 Å². The Kier molecular flexibility index (Phi) is 7.82. The number of ether oxygens (including phenoxy) is 2. The second kappa shape index (κ2) is 9.10. The van der Waals surface area contributed by atoms with Gasteiger partial charge in [-0.15, -0.1) is 0 Å². The van der Waals surface area contributed by atoms with Crippen LogP contribution in [-0.2, 0) is 19.1 Å². The fraction of sp³-hybridized carbons (Fsp3) is 0.875. The number of rotatable bonds is 8. The van der Waals surface area contributed by atoms with Gasteiger partial charge < -0.3 is 19.9 Å². The first-order valence-corrected chi connectivity index (χ1v) is 8.04. The number of methoxy groups -OCH3 is 1. The molecule has 0 aliphatic heterocycles. The molecule has 2 atom stereocenters. The van der Waals surface area contributed by atoms with Crippen LogP contribution in [0, 0.1) is 0 Å². The topological polar surface area (TPSA) is 84.9 Å². The Balaban J connectivity index is 2.54. The third kappa shape index (κ3) is 6.75. The van der Waals surface area contributed by atoms with E-state index >= 15 is 0 Å². The van der Waals surface area contributed by atoms with E-state index in [4.69, 9.17) is 14.6 Å². The molecule has 0 radical (unpaired) electrons. The predicted octanol–water partition coefficient (Wildman–Crippen LogP) is 2.11. The van der Waals surface area contributed by atoms with Crippen molar-refractivity contribution in [3.05, 3.63) is 0 Å². The van der Waals surface area contributed by atoms with Crippen LogP contribution in [0.2, 0.25) is 0 Å². The molecule has 1 saturated carbocycles. The summed E-state index contributed by atoms with van der Waals surface area (Å²) in [5.41, 5.74) is -0.932. The Hall–Kier alpha value is -1.14. The first kappa shape index (κ1) is 18.9. The monoisotopic (exact) mass is 315 g/mol. The van der Waals surface area contributed by atoms with E-state index in [1.807, 2.05) is 0 Å². The van der Waals surface area contributed by atoms with Gasteiger partial charge in [-0.2, -0.15) is 0 Å². The van der Waals surface area contributed by atoms with E-state index in [-0.39, 0.29) is 25.0 Å². The zero-order chi connectivity index (χ0) is 16.6. The standard InChI is InChI=1S/C16H29NO5/c1-12(22-13-8-6-4-5-7-9-13)15(20)17-16(2,11-21-3)10-14(18)19/h12-13H,4-11H2,1-3H3,(H,17,20)(H,18,19). The minimum absolute atomic E-state index is 0.122. The van der Waals surface area contributed by atoms with E-state index in [9.17, 15) is 9.59 Å². The summed E-state index contributed by atoms with van der Waals surface area (Å²) in [5, 5.41) is 11.7. The normalized spacial score (nSPS) is 20.7. The van der Waals surface area contributed by atoms with E-state index in [0.29, 0.717) is 0 Å². The Morgan fingerprint density at radius 1 is 1.27 bits per heavy atom. The maximum atomic E-state index is 12.3. The highest BCUT2D eigenvalue weighted by Gasteiger charge is 2.32. The Labute approximate surface area is 132 Å². The van der Waals surface area contributed by atoms with Crippen LogP contribution in [0.5, 0.6) is 0 Å². The maximum Gasteiger partial charge on any atom is 0.305 e. The third-order valence-electron chi connectivity index (χ3n) is 4.00. The lowest BCUT2D eigenvalue weighted by molar-refractivity contribution is -0.142. The fourth-order valence-electron chi connectivity index (χ4n) is 2.91. The van der Waals surface area contributed by atoms with Gasteiger partial charge in [0.1, 0.15) is 6.10 Å². The summed E-state index contributed by atoms with van der Waals surface area (Å²) in [6.45, 7) is 3.52. The first-order chi connectivity index (χ1) is 10.4. The van der Waals surface area contributed by atoms with Crippen molar-refractivity contribution in [2.45, 2.75) is 76.5 Å². The molecule has 1 fully saturated rings. The molecule has 0 aromatic carbocycles. The number of carbonyl (C=O) groups excluding carboxylic acids is 1. The number of hydrogen-bond donors (Lipinski definition) is 2. The van der Waals surface area contributed by atoms with Crippen molar-refractivity contribution in [2.75, 3.05) is 13.7 Å².